The minimum atomic E-state index is -0.418. The van der Waals surface area contributed by atoms with Crippen molar-refractivity contribution in [2.75, 3.05) is 19.7 Å². The van der Waals surface area contributed by atoms with E-state index in [1.165, 1.54) is 18.2 Å². The van der Waals surface area contributed by atoms with Crippen LogP contribution in [0.25, 0.3) is 16.8 Å². The van der Waals surface area contributed by atoms with Gasteiger partial charge in [0.2, 0.25) is 0 Å². The number of hydrogen-bond acceptors (Lipinski definition) is 5. The van der Waals surface area contributed by atoms with Gasteiger partial charge in [0, 0.05) is 29.1 Å². The van der Waals surface area contributed by atoms with Gasteiger partial charge >= 0.3 is 0 Å². The van der Waals surface area contributed by atoms with Crippen molar-refractivity contribution in [1.29, 1.82) is 0 Å². The molecule has 6 nitrogen and oxygen atoms in total. The predicted molar refractivity (Wildman–Crippen MR) is 100 cm³/mol. The van der Waals surface area contributed by atoms with Crippen molar-refractivity contribution in [1.82, 2.24) is 19.5 Å². The molecule has 1 atom stereocenters. The number of halogens is 1. The smallest absolute Gasteiger partial charge is 0.163 e. The molecular weight excluding hydrogens is 347 g/mol. The van der Waals surface area contributed by atoms with E-state index in [9.17, 15) is 14.6 Å². The monoisotopic (exact) mass is 370 g/mol. The molecular formula is C20H23FN4O2. The number of aliphatic hydroxyl groups is 1. The number of likely N-dealkylation sites (tertiary alicyclic amines) is 1. The van der Waals surface area contributed by atoms with E-state index < -0.39 is 5.82 Å². The van der Waals surface area contributed by atoms with Crippen molar-refractivity contribution in [3.63, 3.8) is 0 Å². The van der Waals surface area contributed by atoms with Crippen LogP contribution in [0.5, 0.6) is 5.75 Å². The highest BCUT2D eigenvalue weighted by molar-refractivity contribution is 5.78. The largest absolute Gasteiger partial charge is 0.508 e. The fourth-order valence-electron chi connectivity index (χ4n) is 3.81. The quantitative estimate of drug-likeness (QED) is 0.698. The van der Waals surface area contributed by atoms with Gasteiger partial charge in [-0.1, -0.05) is 0 Å². The Morgan fingerprint density at radius 3 is 2.96 bits per heavy atom. The molecule has 1 aromatic carbocycles. The van der Waals surface area contributed by atoms with Gasteiger partial charge in [0.1, 0.15) is 11.6 Å². The Labute approximate surface area is 156 Å². The van der Waals surface area contributed by atoms with Gasteiger partial charge in [-0.2, -0.15) is 5.10 Å². The van der Waals surface area contributed by atoms with Crippen molar-refractivity contribution in [3.8, 4) is 16.9 Å². The van der Waals surface area contributed by atoms with Crippen molar-refractivity contribution in [3.05, 3.63) is 48.2 Å². The third-order valence-corrected chi connectivity index (χ3v) is 5.25. The molecule has 1 fully saturated rings. The third-order valence-electron chi connectivity index (χ3n) is 5.25. The van der Waals surface area contributed by atoms with E-state index in [0.29, 0.717) is 11.2 Å². The highest BCUT2D eigenvalue weighted by Gasteiger charge is 2.22. The Morgan fingerprint density at radius 2 is 2.11 bits per heavy atom. The number of aryl methyl sites for hydroxylation is 1. The second kappa shape index (κ2) is 7.62. The Kier molecular flexibility index (Phi) is 5.05. The third kappa shape index (κ3) is 3.65. The van der Waals surface area contributed by atoms with E-state index in [2.05, 4.69) is 15.0 Å². The van der Waals surface area contributed by atoms with Crippen molar-refractivity contribution in [2.24, 2.45) is 0 Å². The number of aromatic hydroxyl groups is 1. The Morgan fingerprint density at radius 1 is 1.22 bits per heavy atom. The normalized spacial score (nSPS) is 17.8. The first-order valence-electron chi connectivity index (χ1n) is 9.33. The SMILES string of the molecule is OC[C@@H]1CCCN1CCCc1ccn2ncc(-c3cc(O)ccc3F)c2n1. The molecule has 0 aliphatic carbocycles. The molecule has 4 rings (SSSR count). The summed E-state index contributed by atoms with van der Waals surface area (Å²) >= 11 is 0. The van der Waals surface area contributed by atoms with Crippen LogP contribution in [0.1, 0.15) is 25.0 Å². The van der Waals surface area contributed by atoms with Crippen LogP contribution >= 0.6 is 0 Å². The molecule has 0 spiro atoms. The molecule has 1 aliphatic rings. The van der Waals surface area contributed by atoms with Crippen molar-refractivity contribution in [2.45, 2.75) is 31.7 Å². The summed E-state index contributed by atoms with van der Waals surface area (Å²) in [6, 6.07) is 6.17. The zero-order valence-electron chi connectivity index (χ0n) is 15.1. The summed E-state index contributed by atoms with van der Waals surface area (Å²) in [4.78, 5) is 7.01. The van der Waals surface area contributed by atoms with E-state index in [4.69, 9.17) is 0 Å². The Bertz CT molecular complexity index is 943. The average molecular weight is 370 g/mol. The number of phenolic OH excluding ortho intramolecular Hbond substituents is 1. The minimum absolute atomic E-state index is 0.00551. The Hall–Kier alpha value is -2.51. The number of benzene rings is 1. The number of aromatic nitrogens is 3. The Balaban J connectivity index is 1.53. The summed E-state index contributed by atoms with van der Waals surface area (Å²) in [6.07, 6.45) is 7.36. The second-order valence-corrected chi connectivity index (χ2v) is 7.03. The lowest BCUT2D eigenvalue weighted by Gasteiger charge is -2.22. The van der Waals surface area contributed by atoms with Gasteiger partial charge in [0.15, 0.2) is 5.65 Å². The highest BCUT2D eigenvalue weighted by atomic mass is 19.1. The summed E-state index contributed by atoms with van der Waals surface area (Å²) in [5.41, 5.74) is 2.35. The molecule has 0 amide bonds. The van der Waals surface area contributed by atoms with Crippen LogP contribution < -0.4 is 0 Å². The number of aliphatic hydroxyl groups excluding tert-OH is 1. The molecule has 3 heterocycles. The average Bonchev–Trinajstić information content (AvgIpc) is 3.30. The zero-order chi connectivity index (χ0) is 18.8. The van der Waals surface area contributed by atoms with Gasteiger partial charge in [0.25, 0.3) is 0 Å². The highest BCUT2D eigenvalue weighted by Crippen LogP contribution is 2.29. The molecule has 0 bridgehead atoms. The maximum Gasteiger partial charge on any atom is 0.163 e. The van der Waals surface area contributed by atoms with Crippen LogP contribution in [0.15, 0.2) is 36.7 Å². The maximum atomic E-state index is 14.2. The summed E-state index contributed by atoms with van der Waals surface area (Å²) in [5, 5.41) is 23.3. The van der Waals surface area contributed by atoms with E-state index in [-0.39, 0.29) is 24.0 Å². The molecule has 0 unspecified atom stereocenters. The molecule has 142 valence electrons. The van der Waals surface area contributed by atoms with Gasteiger partial charge < -0.3 is 10.2 Å². The standard InChI is InChI=1S/C20H23FN4O2/c21-19-6-5-16(27)11-17(19)18-12-22-25-10-7-14(23-20(18)25)3-1-8-24-9-2-4-15(24)13-26/h5-7,10-12,15,26-27H,1-4,8-9,13H2/t15-/m0/s1. The predicted octanol–water partition coefficient (Wildman–Crippen LogP) is 2.63. The number of fused-ring (bicyclic) bond motifs is 1. The molecule has 2 N–H and O–H groups in total. The fourth-order valence-corrected chi connectivity index (χ4v) is 3.81. The first-order chi connectivity index (χ1) is 13.2. The lowest BCUT2D eigenvalue weighted by atomic mass is 10.1. The first-order valence-corrected chi connectivity index (χ1v) is 9.33. The van der Waals surface area contributed by atoms with Crippen LogP contribution in [0.2, 0.25) is 0 Å². The number of phenols is 1. The fraction of sp³-hybridized carbons (Fsp3) is 0.400. The molecule has 27 heavy (non-hydrogen) atoms. The van der Waals surface area contributed by atoms with Gasteiger partial charge in [-0.3, -0.25) is 4.90 Å². The van der Waals surface area contributed by atoms with Gasteiger partial charge in [-0.05, 0) is 63.0 Å². The van der Waals surface area contributed by atoms with Gasteiger partial charge in [-0.25, -0.2) is 13.9 Å². The van der Waals surface area contributed by atoms with Crippen LogP contribution in [-0.2, 0) is 6.42 Å². The molecule has 3 aromatic rings. The van der Waals surface area contributed by atoms with Crippen LogP contribution in [-0.4, -0.2) is 55.4 Å². The molecule has 1 saturated heterocycles. The molecule has 2 aromatic heterocycles. The molecule has 7 heteroatoms. The van der Waals surface area contributed by atoms with E-state index in [1.807, 2.05) is 12.3 Å². The van der Waals surface area contributed by atoms with Crippen molar-refractivity contribution >= 4 is 5.65 Å². The first kappa shape index (κ1) is 17.9. The van der Waals surface area contributed by atoms with Crippen LogP contribution in [0, 0.1) is 5.82 Å². The zero-order valence-corrected chi connectivity index (χ0v) is 15.1. The summed E-state index contributed by atoms with van der Waals surface area (Å²) < 4.78 is 15.8. The van der Waals surface area contributed by atoms with E-state index in [0.717, 1.165) is 44.5 Å². The summed E-state index contributed by atoms with van der Waals surface area (Å²) in [7, 11) is 0. The number of hydrogen-bond donors (Lipinski definition) is 2. The lowest BCUT2D eigenvalue weighted by Crippen LogP contribution is -2.33. The van der Waals surface area contributed by atoms with Crippen LogP contribution in [0.4, 0.5) is 4.39 Å². The van der Waals surface area contributed by atoms with E-state index in [1.54, 1.807) is 10.7 Å². The molecule has 1 aliphatic heterocycles. The maximum absolute atomic E-state index is 14.2. The van der Waals surface area contributed by atoms with E-state index >= 15 is 0 Å². The lowest BCUT2D eigenvalue weighted by molar-refractivity contribution is 0.158. The number of nitrogens with zero attached hydrogens (tertiary/aromatic N) is 4. The second-order valence-electron chi connectivity index (χ2n) is 7.03. The van der Waals surface area contributed by atoms with Crippen LogP contribution in [0.3, 0.4) is 0 Å². The van der Waals surface area contributed by atoms with Crippen molar-refractivity contribution < 1.29 is 14.6 Å². The number of rotatable bonds is 6. The summed E-state index contributed by atoms with van der Waals surface area (Å²) in [5.74, 6) is -0.412. The van der Waals surface area contributed by atoms with Gasteiger partial charge in [-0.15, -0.1) is 0 Å². The molecule has 0 saturated carbocycles. The topological polar surface area (TPSA) is 73.9 Å². The molecule has 0 radical (unpaired) electrons. The van der Waals surface area contributed by atoms with Gasteiger partial charge in [0.05, 0.1) is 12.8 Å². The summed E-state index contributed by atoms with van der Waals surface area (Å²) in [6.45, 7) is 2.20. The minimum Gasteiger partial charge on any atom is -0.508 e.